The van der Waals surface area contributed by atoms with Crippen LogP contribution in [0.25, 0.3) is 0 Å². The largest absolute Gasteiger partial charge is 0.330 e. The first kappa shape index (κ1) is 18.6. The molecule has 1 heterocycles. The van der Waals surface area contributed by atoms with Crippen molar-refractivity contribution in [2.45, 2.75) is 6.54 Å². The van der Waals surface area contributed by atoms with E-state index >= 15 is 0 Å². The highest BCUT2D eigenvalue weighted by Gasteiger charge is 2.15. The smallest absolute Gasteiger partial charge is 0.255 e. The third-order valence-corrected chi connectivity index (χ3v) is 4.85. The first-order chi connectivity index (χ1) is 13.2. The fourth-order valence-corrected chi connectivity index (χ4v) is 3.36. The Bertz CT molecular complexity index is 903. The number of carbonyl (C=O) groups excluding carboxylic acids is 2. The van der Waals surface area contributed by atoms with Gasteiger partial charge in [0.15, 0.2) is 0 Å². The number of hydrogen-bond donors (Lipinski definition) is 1. The molecule has 0 aliphatic rings. The number of rotatable bonds is 7. The Kier molecular flexibility index (Phi) is 6.18. The summed E-state index contributed by atoms with van der Waals surface area (Å²) in [7, 11) is 0. The summed E-state index contributed by atoms with van der Waals surface area (Å²) in [5.74, 6) is -0.245. The first-order valence-corrected chi connectivity index (χ1v) is 9.44. The molecule has 0 unspecified atom stereocenters. The first-order valence-electron chi connectivity index (χ1n) is 8.56. The normalized spacial score (nSPS) is 10.2. The highest BCUT2D eigenvalue weighted by atomic mass is 32.1. The van der Waals surface area contributed by atoms with Crippen LogP contribution in [-0.4, -0.2) is 23.3 Å². The van der Waals surface area contributed by atoms with Gasteiger partial charge in [0.25, 0.3) is 11.8 Å². The zero-order valence-corrected chi connectivity index (χ0v) is 15.6. The Morgan fingerprint density at radius 2 is 1.70 bits per heavy atom. The maximum Gasteiger partial charge on any atom is 0.255 e. The summed E-state index contributed by atoms with van der Waals surface area (Å²) in [6.07, 6.45) is 1.72. The molecule has 2 amide bonds. The summed E-state index contributed by atoms with van der Waals surface area (Å²) in [6, 6.07) is 19.9. The quantitative estimate of drug-likeness (QED) is 0.601. The number of carbonyl (C=O) groups is 2. The predicted molar refractivity (Wildman–Crippen MR) is 110 cm³/mol. The van der Waals surface area contributed by atoms with E-state index < -0.39 is 0 Å². The Morgan fingerprint density at radius 1 is 0.963 bits per heavy atom. The summed E-state index contributed by atoms with van der Waals surface area (Å²) >= 11 is 1.62. The van der Waals surface area contributed by atoms with Gasteiger partial charge in [-0.3, -0.25) is 9.59 Å². The standard InChI is InChI=1S/C22H20N2O2S/c1-2-14-24(16-20-9-6-15-27-20)22(26)18-10-12-19(13-11-18)23-21(25)17-7-4-3-5-8-17/h2-13,15H,1,14,16H2,(H,23,25). The van der Waals surface area contributed by atoms with Crippen molar-refractivity contribution in [2.75, 3.05) is 11.9 Å². The fraction of sp³-hybridized carbons (Fsp3) is 0.0909. The third-order valence-electron chi connectivity index (χ3n) is 3.99. The van der Waals surface area contributed by atoms with Crippen LogP contribution in [0.1, 0.15) is 25.6 Å². The molecule has 0 aliphatic heterocycles. The van der Waals surface area contributed by atoms with Gasteiger partial charge < -0.3 is 10.2 Å². The molecule has 0 bridgehead atoms. The topological polar surface area (TPSA) is 49.4 Å². The molecule has 1 N–H and O–H groups in total. The molecule has 0 fully saturated rings. The third kappa shape index (κ3) is 4.92. The molecule has 0 aliphatic carbocycles. The Balaban J connectivity index is 1.68. The number of nitrogens with one attached hydrogen (secondary N) is 1. The average molecular weight is 376 g/mol. The van der Waals surface area contributed by atoms with E-state index in [0.717, 1.165) is 4.88 Å². The number of anilines is 1. The molecule has 1 aromatic heterocycles. The van der Waals surface area contributed by atoms with Gasteiger partial charge in [0.2, 0.25) is 0 Å². The van der Waals surface area contributed by atoms with E-state index in [4.69, 9.17) is 0 Å². The Labute approximate surface area is 162 Å². The van der Waals surface area contributed by atoms with Crippen molar-refractivity contribution in [2.24, 2.45) is 0 Å². The Hall–Kier alpha value is -3.18. The monoisotopic (exact) mass is 376 g/mol. The van der Waals surface area contributed by atoms with Gasteiger partial charge >= 0.3 is 0 Å². The SMILES string of the molecule is C=CCN(Cc1cccs1)C(=O)c1ccc(NC(=O)c2ccccc2)cc1. The van der Waals surface area contributed by atoms with E-state index in [9.17, 15) is 9.59 Å². The molecular formula is C22H20N2O2S. The minimum absolute atomic E-state index is 0.0655. The van der Waals surface area contributed by atoms with E-state index in [0.29, 0.717) is 29.9 Å². The zero-order chi connectivity index (χ0) is 19.1. The van der Waals surface area contributed by atoms with Crippen molar-refractivity contribution >= 4 is 28.8 Å². The molecule has 136 valence electrons. The average Bonchev–Trinajstić information content (AvgIpc) is 3.21. The summed E-state index contributed by atoms with van der Waals surface area (Å²) in [6.45, 7) is 4.77. The van der Waals surface area contributed by atoms with E-state index in [2.05, 4.69) is 11.9 Å². The molecule has 5 heteroatoms. The van der Waals surface area contributed by atoms with Crippen LogP contribution in [0.3, 0.4) is 0 Å². The van der Waals surface area contributed by atoms with Gasteiger partial charge in [0, 0.05) is 28.2 Å². The van der Waals surface area contributed by atoms with Crippen molar-refractivity contribution in [3.05, 3.63) is 101 Å². The molecule has 2 aromatic carbocycles. The molecular weight excluding hydrogens is 356 g/mol. The van der Waals surface area contributed by atoms with Crippen LogP contribution in [-0.2, 0) is 6.54 Å². The molecule has 0 saturated carbocycles. The highest BCUT2D eigenvalue weighted by molar-refractivity contribution is 7.09. The second-order valence-electron chi connectivity index (χ2n) is 5.95. The van der Waals surface area contributed by atoms with Crippen LogP contribution in [0, 0.1) is 0 Å². The number of nitrogens with zero attached hydrogens (tertiary/aromatic N) is 1. The molecule has 0 radical (unpaired) electrons. The number of amides is 2. The molecule has 0 spiro atoms. The van der Waals surface area contributed by atoms with Crippen molar-refractivity contribution in [1.29, 1.82) is 0 Å². The zero-order valence-electron chi connectivity index (χ0n) is 14.8. The van der Waals surface area contributed by atoms with Gasteiger partial charge in [-0.2, -0.15) is 0 Å². The predicted octanol–water partition coefficient (Wildman–Crippen LogP) is 4.83. The molecule has 4 nitrogen and oxygen atoms in total. The second-order valence-corrected chi connectivity index (χ2v) is 6.98. The minimum Gasteiger partial charge on any atom is -0.330 e. The minimum atomic E-state index is -0.180. The molecule has 27 heavy (non-hydrogen) atoms. The summed E-state index contributed by atoms with van der Waals surface area (Å²) < 4.78 is 0. The van der Waals surface area contributed by atoms with Crippen molar-refractivity contribution < 1.29 is 9.59 Å². The summed E-state index contributed by atoms with van der Waals surface area (Å²) in [5, 5.41) is 4.83. The van der Waals surface area contributed by atoms with Crippen LogP contribution < -0.4 is 5.32 Å². The van der Waals surface area contributed by atoms with E-state index in [-0.39, 0.29) is 11.8 Å². The molecule has 0 atom stereocenters. The number of thiophene rings is 1. The van der Waals surface area contributed by atoms with Gasteiger partial charge in [-0.1, -0.05) is 30.3 Å². The van der Waals surface area contributed by atoms with E-state index in [1.165, 1.54) is 0 Å². The van der Waals surface area contributed by atoms with Crippen LogP contribution >= 0.6 is 11.3 Å². The summed E-state index contributed by atoms with van der Waals surface area (Å²) in [5.41, 5.74) is 1.81. The number of hydrogen-bond acceptors (Lipinski definition) is 3. The fourth-order valence-electron chi connectivity index (χ4n) is 2.64. The highest BCUT2D eigenvalue weighted by Crippen LogP contribution is 2.17. The lowest BCUT2D eigenvalue weighted by Gasteiger charge is -2.20. The lowest BCUT2D eigenvalue weighted by molar-refractivity contribution is 0.0764. The van der Waals surface area contributed by atoms with Gasteiger partial charge in [0.1, 0.15) is 0 Å². The van der Waals surface area contributed by atoms with Crippen LogP contribution in [0.5, 0.6) is 0 Å². The Morgan fingerprint density at radius 3 is 2.33 bits per heavy atom. The summed E-state index contributed by atoms with van der Waals surface area (Å²) in [4.78, 5) is 27.9. The van der Waals surface area contributed by atoms with Crippen molar-refractivity contribution in [3.8, 4) is 0 Å². The van der Waals surface area contributed by atoms with Gasteiger partial charge in [-0.05, 0) is 47.8 Å². The van der Waals surface area contributed by atoms with Gasteiger partial charge in [0.05, 0.1) is 6.54 Å². The molecule has 3 aromatic rings. The maximum atomic E-state index is 12.8. The van der Waals surface area contributed by atoms with Crippen LogP contribution in [0.2, 0.25) is 0 Å². The van der Waals surface area contributed by atoms with Gasteiger partial charge in [-0.25, -0.2) is 0 Å². The number of benzene rings is 2. The second kappa shape index (κ2) is 8.96. The molecule has 0 saturated heterocycles. The maximum absolute atomic E-state index is 12.8. The van der Waals surface area contributed by atoms with Crippen LogP contribution in [0.4, 0.5) is 5.69 Å². The lowest BCUT2D eigenvalue weighted by Crippen LogP contribution is -2.30. The van der Waals surface area contributed by atoms with Crippen molar-refractivity contribution in [1.82, 2.24) is 4.90 Å². The molecule has 3 rings (SSSR count). The van der Waals surface area contributed by atoms with Gasteiger partial charge in [-0.15, -0.1) is 17.9 Å². The van der Waals surface area contributed by atoms with Crippen molar-refractivity contribution in [3.63, 3.8) is 0 Å². The van der Waals surface area contributed by atoms with E-state index in [1.807, 2.05) is 35.7 Å². The van der Waals surface area contributed by atoms with E-state index in [1.54, 1.807) is 58.7 Å². The van der Waals surface area contributed by atoms with Crippen LogP contribution in [0.15, 0.2) is 84.8 Å². The lowest BCUT2D eigenvalue weighted by atomic mass is 10.1.